The zero-order valence-corrected chi connectivity index (χ0v) is 9.52. The van der Waals surface area contributed by atoms with Gasteiger partial charge in [-0.05, 0) is 12.5 Å². The van der Waals surface area contributed by atoms with Crippen LogP contribution in [0.3, 0.4) is 0 Å². The van der Waals surface area contributed by atoms with Crippen molar-refractivity contribution in [2.45, 2.75) is 12.8 Å². The normalized spacial score (nSPS) is 13.4. The highest BCUT2D eigenvalue weighted by Crippen LogP contribution is 2.43. The van der Waals surface area contributed by atoms with Gasteiger partial charge in [0.2, 0.25) is 5.75 Å². The number of phenols is 1. The molecule has 90 valence electrons. The fraction of sp³-hybridized carbons (Fsp3) is 0.364. The van der Waals surface area contributed by atoms with E-state index in [0.29, 0.717) is 24.0 Å². The van der Waals surface area contributed by atoms with Crippen molar-refractivity contribution in [3.05, 3.63) is 22.1 Å². The number of carbonyl (C=O) groups is 1. The van der Waals surface area contributed by atoms with E-state index in [4.69, 9.17) is 4.74 Å². The van der Waals surface area contributed by atoms with Gasteiger partial charge in [-0.15, -0.1) is 0 Å². The summed E-state index contributed by atoms with van der Waals surface area (Å²) in [6.07, 6.45) is 0.746. The molecule has 0 aromatic heterocycles. The largest absolute Gasteiger partial charge is 0.499 e. The predicted octanol–water partition coefficient (Wildman–Crippen LogP) is 1.50. The van der Waals surface area contributed by atoms with Crippen molar-refractivity contribution in [1.29, 1.82) is 0 Å². The van der Waals surface area contributed by atoms with Gasteiger partial charge in [-0.3, -0.25) is 4.79 Å². The minimum absolute atomic E-state index is 0.0484. The molecule has 1 aliphatic rings. The van der Waals surface area contributed by atoms with Crippen molar-refractivity contribution in [2.24, 2.45) is 0 Å². The molecule has 1 aromatic carbocycles. The van der Waals surface area contributed by atoms with E-state index in [0.717, 1.165) is 0 Å². The smallest absolute Gasteiger partial charge is 0.365 e. The van der Waals surface area contributed by atoms with Gasteiger partial charge in [0.15, 0.2) is 18.6 Å². The van der Waals surface area contributed by atoms with E-state index in [1.807, 2.05) is 0 Å². The first-order valence-corrected chi connectivity index (χ1v) is 5.07. The Morgan fingerprint density at radius 3 is 2.65 bits per heavy atom. The lowest BCUT2D eigenvalue weighted by Gasteiger charge is -2.06. The Hall–Kier alpha value is -2.11. The highest BCUT2D eigenvalue weighted by molar-refractivity contribution is 6.02. The SMILES string of the molecule is COc1cc2c(c([N+](=O)OC)c1O)CCC2=O. The number of Topliss-reactive ketones (excluding diaryl/α,β-unsaturated/α-hetero) is 1. The topological polar surface area (TPSA) is 75.8 Å². The molecule has 0 radical (unpaired) electrons. The maximum atomic E-state index is 11.6. The number of phenolic OH excluding ortho intramolecular Hbond substituents is 1. The molecule has 1 aromatic rings. The highest BCUT2D eigenvalue weighted by atomic mass is 16.8. The van der Waals surface area contributed by atoms with Crippen LogP contribution in [-0.2, 0) is 11.3 Å². The number of ketones is 1. The van der Waals surface area contributed by atoms with Gasteiger partial charge >= 0.3 is 5.69 Å². The minimum Gasteiger partial charge on any atom is -0.499 e. The molecule has 1 N–H and O–H groups in total. The van der Waals surface area contributed by atoms with E-state index in [-0.39, 0.29) is 27.9 Å². The molecule has 0 spiro atoms. The first kappa shape index (κ1) is 11.4. The second-order valence-electron chi connectivity index (χ2n) is 3.67. The van der Waals surface area contributed by atoms with Crippen LogP contribution < -0.4 is 4.74 Å². The Balaban J connectivity index is 2.72. The van der Waals surface area contributed by atoms with Crippen LogP contribution >= 0.6 is 0 Å². The molecule has 17 heavy (non-hydrogen) atoms. The maximum absolute atomic E-state index is 11.6. The van der Waals surface area contributed by atoms with Gasteiger partial charge in [-0.2, -0.15) is 0 Å². The number of rotatable bonds is 3. The lowest BCUT2D eigenvalue weighted by Crippen LogP contribution is -2.04. The summed E-state index contributed by atoms with van der Waals surface area (Å²) in [5.74, 6) is -0.284. The molecule has 0 heterocycles. The number of carbonyl (C=O) groups excluding carboxylic acids is 1. The Morgan fingerprint density at radius 2 is 2.06 bits per heavy atom. The van der Waals surface area contributed by atoms with Crippen molar-refractivity contribution in [2.75, 3.05) is 14.2 Å². The molecule has 0 bridgehead atoms. The number of aromatic hydroxyl groups is 1. The Morgan fingerprint density at radius 1 is 1.35 bits per heavy atom. The monoisotopic (exact) mass is 238 g/mol. The fourth-order valence-electron chi connectivity index (χ4n) is 1.99. The van der Waals surface area contributed by atoms with E-state index in [1.54, 1.807) is 0 Å². The standard InChI is InChI=1S/C11H11NO5/c1-16-9-5-7-6(3-4-8(7)13)10(11(9)14)12(15)17-2/h5H,3-4H2,1-2H3/p+1. The number of hydrogen-bond donors (Lipinski definition) is 1. The summed E-state index contributed by atoms with van der Waals surface area (Å²) in [6, 6.07) is 1.45. The Kier molecular flexibility index (Phi) is 2.71. The van der Waals surface area contributed by atoms with Gasteiger partial charge in [0.25, 0.3) is 4.92 Å². The van der Waals surface area contributed by atoms with Crippen LogP contribution in [-0.4, -0.2) is 30.0 Å². The fourth-order valence-corrected chi connectivity index (χ4v) is 1.99. The molecule has 1 aliphatic carbocycles. The summed E-state index contributed by atoms with van der Waals surface area (Å²) < 4.78 is 4.93. The van der Waals surface area contributed by atoms with E-state index >= 15 is 0 Å². The quantitative estimate of drug-likeness (QED) is 0.807. The van der Waals surface area contributed by atoms with Crippen LogP contribution in [0.15, 0.2) is 6.07 Å². The second-order valence-corrected chi connectivity index (χ2v) is 3.67. The van der Waals surface area contributed by atoms with E-state index in [9.17, 15) is 14.8 Å². The van der Waals surface area contributed by atoms with Crippen LogP contribution in [0.2, 0.25) is 0 Å². The average molecular weight is 238 g/mol. The Labute approximate surface area is 97.3 Å². The van der Waals surface area contributed by atoms with Crippen molar-refractivity contribution < 1.29 is 24.4 Å². The van der Waals surface area contributed by atoms with Gasteiger partial charge in [0.05, 0.1) is 12.0 Å². The van der Waals surface area contributed by atoms with Crippen molar-refractivity contribution >= 4 is 11.5 Å². The molecule has 0 fully saturated rings. The average Bonchev–Trinajstić information content (AvgIpc) is 2.69. The van der Waals surface area contributed by atoms with Crippen molar-refractivity contribution in [3.63, 3.8) is 0 Å². The summed E-state index contributed by atoms with van der Waals surface area (Å²) in [5.41, 5.74) is 0.866. The van der Waals surface area contributed by atoms with Crippen molar-refractivity contribution in [1.82, 2.24) is 0 Å². The highest BCUT2D eigenvalue weighted by Gasteiger charge is 2.36. The molecule has 0 saturated heterocycles. The molecule has 2 rings (SSSR count). The third-order valence-electron chi connectivity index (χ3n) is 2.81. The lowest BCUT2D eigenvalue weighted by molar-refractivity contribution is -0.737. The first-order chi connectivity index (χ1) is 8.10. The summed E-state index contributed by atoms with van der Waals surface area (Å²) in [6.45, 7) is 0. The van der Waals surface area contributed by atoms with E-state index < -0.39 is 0 Å². The van der Waals surface area contributed by atoms with Crippen LogP contribution in [0.4, 0.5) is 5.69 Å². The number of nitrogens with zero attached hydrogens (tertiary/aromatic N) is 1. The number of benzene rings is 1. The zero-order valence-electron chi connectivity index (χ0n) is 9.52. The molecule has 0 atom stereocenters. The Bertz CT molecular complexity index is 509. The lowest BCUT2D eigenvalue weighted by atomic mass is 10.1. The van der Waals surface area contributed by atoms with Gasteiger partial charge in [-0.1, -0.05) is 0 Å². The number of fused-ring (bicyclic) bond motifs is 1. The number of ether oxygens (including phenoxy) is 1. The van der Waals surface area contributed by atoms with Gasteiger partial charge in [-0.25, -0.2) is 4.84 Å². The predicted molar refractivity (Wildman–Crippen MR) is 57.6 cm³/mol. The van der Waals surface area contributed by atoms with Gasteiger partial charge in [0.1, 0.15) is 0 Å². The molecule has 6 heteroatoms. The second kappa shape index (κ2) is 4.04. The van der Waals surface area contributed by atoms with E-state index in [1.165, 1.54) is 20.3 Å². The third kappa shape index (κ3) is 1.61. The number of hydrogen-bond acceptors (Lipinski definition) is 5. The van der Waals surface area contributed by atoms with Crippen LogP contribution in [0.1, 0.15) is 22.3 Å². The first-order valence-electron chi connectivity index (χ1n) is 5.07. The van der Waals surface area contributed by atoms with Gasteiger partial charge in [0, 0.05) is 17.5 Å². The summed E-state index contributed by atoms with van der Waals surface area (Å²) >= 11 is 0. The van der Waals surface area contributed by atoms with Crippen LogP contribution in [0.5, 0.6) is 11.5 Å². The van der Waals surface area contributed by atoms with Crippen LogP contribution in [0.25, 0.3) is 0 Å². The minimum atomic E-state index is -0.308. The zero-order chi connectivity index (χ0) is 12.6. The molecular weight excluding hydrogens is 226 g/mol. The summed E-state index contributed by atoms with van der Waals surface area (Å²) in [5, 5.41) is 9.88. The third-order valence-corrected chi connectivity index (χ3v) is 2.81. The molecule has 0 amide bonds. The molecule has 0 unspecified atom stereocenters. The van der Waals surface area contributed by atoms with Crippen molar-refractivity contribution in [3.8, 4) is 11.5 Å². The van der Waals surface area contributed by atoms with Gasteiger partial charge < -0.3 is 9.84 Å². The van der Waals surface area contributed by atoms with E-state index in [2.05, 4.69) is 4.84 Å². The molecule has 6 nitrogen and oxygen atoms in total. The molecule has 0 aliphatic heterocycles. The van der Waals surface area contributed by atoms with Crippen LogP contribution in [0, 0.1) is 4.91 Å². The maximum Gasteiger partial charge on any atom is 0.365 e. The molecular formula is C11H12NO5+. The summed E-state index contributed by atoms with van der Waals surface area (Å²) in [4.78, 5) is 27.9. The molecule has 0 saturated carbocycles. The summed E-state index contributed by atoms with van der Waals surface area (Å²) in [7, 11) is 2.54. The number of methoxy groups -OCH3 is 1.